The van der Waals surface area contributed by atoms with E-state index >= 15 is 0 Å². The SMILES string of the molecule is COc1ccc(Br)c([C@@H]2C[C@H]2C(=O)O)c1. The van der Waals surface area contributed by atoms with Crippen LogP contribution < -0.4 is 4.74 Å². The smallest absolute Gasteiger partial charge is 0.307 e. The third kappa shape index (κ3) is 2.00. The van der Waals surface area contributed by atoms with Gasteiger partial charge in [-0.05, 0) is 36.1 Å². The molecule has 0 heterocycles. The van der Waals surface area contributed by atoms with Crippen molar-refractivity contribution in [1.82, 2.24) is 0 Å². The number of carbonyl (C=O) groups is 1. The Morgan fingerprint density at radius 1 is 1.60 bits per heavy atom. The summed E-state index contributed by atoms with van der Waals surface area (Å²) in [5.74, 6) is -0.0423. The molecule has 1 aromatic rings. The first-order valence-electron chi connectivity index (χ1n) is 4.69. The summed E-state index contributed by atoms with van der Waals surface area (Å²) in [6, 6.07) is 5.65. The Morgan fingerprint density at radius 2 is 2.33 bits per heavy atom. The number of hydrogen-bond donors (Lipinski definition) is 1. The molecule has 3 nitrogen and oxygen atoms in total. The van der Waals surface area contributed by atoms with Crippen molar-refractivity contribution in [3.8, 4) is 5.75 Å². The fourth-order valence-electron chi connectivity index (χ4n) is 1.74. The topological polar surface area (TPSA) is 46.5 Å². The van der Waals surface area contributed by atoms with Crippen LogP contribution in [0.4, 0.5) is 0 Å². The van der Waals surface area contributed by atoms with E-state index in [0.717, 1.165) is 22.2 Å². The molecule has 0 radical (unpaired) electrons. The van der Waals surface area contributed by atoms with Gasteiger partial charge in [-0.15, -0.1) is 0 Å². The second-order valence-corrected chi connectivity index (χ2v) is 4.53. The molecule has 0 amide bonds. The molecule has 1 fully saturated rings. The third-order valence-corrected chi connectivity index (χ3v) is 3.43. The lowest BCUT2D eigenvalue weighted by Crippen LogP contribution is -1.99. The van der Waals surface area contributed by atoms with Gasteiger partial charge >= 0.3 is 5.97 Å². The van der Waals surface area contributed by atoms with Crippen LogP contribution in [0.5, 0.6) is 5.75 Å². The lowest BCUT2D eigenvalue weighted by molar-refractivity contribution is -0.138. The second kappa shape index (κ2) is 3.85. The van der Waals surface area contributed by atoms with E-state index in [-0.39, 0.29) is 11.8 Å². The molecule has 15 heavy (non-hydrogen) atoms. The maximum atomic E-state index is 10.8. The van der Waals surface area contributed by atoms with E-state index in [0.29, 0.717) is 0 Å². The molecule has 2 rings (SSSR count). The fourth-order valence-corrected chi connectivity index (χ4v) is 2.29. The van der Waals surface area contributed by atoms with Crippen LogP contribution in [0, 0.1) is 5.92 Å². The average molecular weight is 271 g/mol. The summed E-state index contributed by atoms with van der Waals surface area (Å²) in [6.45, 7) is 0. The molecule has 0 aromatic heterocycles. The Hall–Kier alpha value is -1.03. The van der Waals surface area contributed by atoms with E-state index in [1.807, 2.05) is 18.2 Å². The van der Waals surface area contributed by atoms with Gasteiger partial charge < -0.3 is 9.84 Å². The molecule has 80 valence electrons. The fraction of sp³-hybridized carbons (Fsp3) is 0.364. The molecular formula is C11H11BrO3. The molecule has 0 spiro atoms. The molecule has 1 aliphatic rings. The molecule has 2 atom stereocenters. The summed E-state index contributed by atoms with van der Waals surface area (Å²) < 4.78 is 6.07. The highest BCUT2D eigenvalue weighted by Gasteiger charge is 2.45. The highest BCUT2D eigenvalue weighted by atomic mass is 79.9. The molecular weight excluding hydrogens is 260 g/mol. The van der Waals surface area contributed by atoms with Crippen LogP contribution in [0.2, 0.25) is 0 Å². The third-order valence-electron chi connectivity index (χ3n) is 2.71. The molecule has 0 aliphatic heterocycles. The summed E-state index contributed by atoms with van der Waals surface area (Å²) in [7, 11) is 1.61. The normalized spacial score (nSPS) is 23.6. The molecule has 1 saturated carbocycles. The van der Waals surface area contributed by atoms with Crippen LogP contribution in [-0.4, -0.2) is 18.2 Å². The van der Waals surface area contributed by atoms with Crippen molar-refractivity contribution in [2.24, 2.45) is 5.92 Å². The van der Waals surface area contributed by atoms with Crippen LogP contribution in [0.15, 0.2) is 22.7 Å². The zero-order valence-corrected chi connectivity index (χ0v) is 9.82. The number of ether oxygens (including phenoxy) is 1. The molecule has 4 heteroatoms. The Bertz CT molecular complexity index is 403. The summed E-state index contributed by atoms with van der Waals surface area (Å²) >= 11 is 3.43. The zero-order valence-electron chi connectivity index (χ0n) is 8.24. The van der Waals surface area contributed by atoms with Crippen LogP contribution >= 0.6 is 15.9 Å². The minimum Gasteiger partial charge on any atom is -0.497 e. The van der Waals surface area contributed by atoms with Gasteiger partial charge in [0.1, 0.15) is 5.75 Å². The Balaban J connectivity index is 2.25. The predicted octanol–water partition coefficient (Wildman–Crippen LogP) is 2.65. The summed E-state index contributed by atoms with van der Waals surface area (Å²) in [5, 5.41) is 8.86. The summed E-state index contributed by atoms with van der Waals surface area (Å²) in [5.41, 5.74) is 1.03. The molecule has 0 saturated heterocycles. The van der Waals surface area contributed by atoms with Crippen LogP contribution in [-0.2, 0) is 4.79 Å². The second-order valence-electron chi connectivity index (χ2n) is 3.67. The predicted molar refractivity (Wildman–Crippen MR) is 59.2 cm³/mol. The maximum absolute atomic E-state index is 10.8. The number of carboxylic acid groups (broad SMARTS) is 1. The number of methoxy groups -OCH3 is 1. The van der Waals surface area contributed by atoms with E-state index in [4.69, 9.17) is 9.84 Å². The summed E-state index contributed by atoms with van der Waals surface area (Å²) in [4.78, 5) is 10.8. The maximum Gasteiger partial charge on any atom is 0.307 e. The Kier molecular flexibility index (Phi) is 2.69. The van der Waals surface area contributed by atoms with Crippen molar-refractivity contribution in [3.05, 3.63) is 28.2 Å². The van der Waals surface area contributed by atoms with E-state index in [9.17, 15) is 4.79 Å². The lowest BCUT2D eigenvalue weighted by Gasteiger charge is -2.06. The first-order valence-corrected chi connectivity index (χ1v) is 5.49. The van der Waals surface area contributed by atoms with Gasteiger partial charge in [-0.2, -0.15) is 0 Å². The number of benzene rings is 1. The number of aliphatic carboxylic acids is 1. The van der Waals surface area contributed by atoms with Crippen molar-refractivity contribution < 1.29 is 14.6 Å². The number of carboxylic acids is 1. The van der Waals surface area contributed by atoms with Crippen molar-refractivity contribution in [1.29, 1.82) is 0 Å². The van der Waals surface area contributed by atoms with Gasteiger partial charge in [-0.3, -0.25) is 4.79 Å². The van der Waals surface area contributed by atoms with Crippen molar-refractivity contribution in [2.75, 3.05) is 7.11 Å². The molecule has 0 bridgehead atoms. The Labute approximate surface area is 96.2 Å². The minimum absolute atomic E-state index is 0.131. The number of halogens is 1. The molecule has 1 aromatic carbocycles. The van der Waals surface area contributed by atoms with Gasteiger partial charge in [-0.1, -0.05) is 15.9 Å². The number of hydrogen-bond acceptors (Lipinski definition) is 2. The van der Waals surface area contributed by atoms with Crippen molar-refractivity contribution in [3.63, 3.8) is 0 Å². The van der Waals surface area contributed by atoms with Crippen LogP contribution in [0.1, 0.15) is 17.9 Å². The van der Waals surface area contributed by atoms with Crippen LogP contribution in [0.3, 0.4) is 0 Å². The molecule has 1 aliphatic carbocycles. The molecule has 1 N–H and O–H groups in total. The minimum atomic E-state index is -0.713. The van der Waals surface area contributed by atoms with Crippen molar-refractivity contribution in [2.45, 2.75) is 12.3 Å². The summed E-state index contributed by atoms with van der Waals surface area (Å²) in [6.07, 6.45) is 0.723. The van der Waals surface area contributed by atoms with E-state index in [2.05, 4.69) is 15.9 Å². The van der Waals surface area contributed by atoms with Gasteiger partial charge in [0, 0.05) is 4.47 Å². The van der Waals surface area contributed by atoms with Gasteiger partial charge in [0.05, 0.1) is 13.0 Å². The van der Waals surface area contributed by atoms with Gasteiger partial charge in [-0.25, -0.2) is 0 Å². The van der Waals surface area contributed by atoms with Gasteiger partial charge in [0.25, 0.3) is 0 Å². The number of rotatable bonds is 3. The molecule has 0 unspecified atom stereocenters. The van der Waals surface area contributed by atoms with E-state index < -0.39 is 5.97 Å². The quantitative estimate of drug-likeness (QED) is 0.919. The highest BCUT2D eigenvalue weighted by Crippen LogP contribution is 2.50. The monoisotopic (exact) mass is 270 g/mol. The van der Waals surface area contributed by atoms with Gasteiger partial charge in [0.2, 0.25) is 0 Å². The highest BCUT2D eigenvalue weighted by molar-refractivity contribution is 9.10. The van der Waals surface area contributed by atoms with E-state index in [1.165, 1.54) is 0 Å². The standard InChI is InChI=1S/C11H11BrO3/c1-15-6-2-3-10(12)8(4-6)7-5-9(7)11(13)14/h2-4,7,9H,5H2,1H3,(H,13,14)/t7-,9+/m0/s1. The average Bonchev–Trinajstić information content (AvgIpc) is 2.98. The largest absolute Gasteiger partial charge is 0.497 e. The first kappa shape index (κ1) is 10.5. The van der Waals surface area contributed by atoms with Gasteiger partial charge in [0.15, 0.2) is 0 Å². The Morgan fingerprint density at radius 3 is 2.87 bits per heavy atom. The van der Waals surface area contributed by atoms with Crippen LogP contribution in [0.25, 0.3) is 0 Å². The van der Waals surface area contributed by atoms with Crippen molar-refractivity contribution >= 4 is 21.9 Å². The zero-order chi connectivity index (χ0) is 11.0. The van der Waals surface area contributed by atoms with E-state index in [1.54, 1.807) is 7.11 Å². The lowest BCUT2D eigenvalue weighted by atomic mass is 10.1. The first-order chi connectivity index (χ1) is 7.13.